The monoisotopic (exact) mass is 423 g/mol. The van der Waals surface area contributed by atoms with Crippen LogP contribution in [0.15, 0.2) is 42.5 Å². The Bertz CT molecular complexity index is 1000. The first-order chi connectivity index (χ1) is 14.9. The van der Waals surface area contributed by atoms with E-state index < -0.39 is 5.92 Å². The Morgan fingerprint density at radius 1 is 0.968 bits per heavy atom. The van der Waals surface area contributed by atoms with Crippen LogP contribution in [-0.4, -0.2) is 37.5 Å². The van der Waals surface area contributed by atoms with E-state index in [-0.39, 0.29) is 30.1 Å². The summed E-state index contributed by atoms with van der Waals surface area (Å²) in [4.78, 5) is 38.6. The lowest BCUT2D eigenvalue weighted by atomic mass is 10.1. The van der Waals surface area contributed by atoms with Crippen LogP contribution in [0.2, 0.25) is 0 Å². The minimum Gasteiger partial charge on any atom is -0.486 e. The summed E-state index contributed by atoms with van der Waals surface area (Å²) >= 11 is 0. The molecule has 162 valence electrons. The van der Waals surface area contributed by atoms with Gasteiger partial charge in [-0.25, -0.2) is 0 Å². The van der Waals surface area contributed by atoms with Crippen LogP contribution in [0.25, 0.3) is 0 Å². The molecular formula is C23H25N3O5. The van der Waals surface area contributed by atoms with Crippen LogP contribution in [0.4, 0.5) is 17.1 Å². The summed E-state index contributed by atoms with van der Waals surface area (Å²) in [5.41, 5.74) is 1.96. The molecule has 31 heavy (non-hydrogen) atoms. The molecule has 1 atom stereocenters. The molecule has 2 aromatic rings. The number of nitrogens with one attached hydrogen (secondary N) is 2. The van der Waals surface area contributed by atoms with Crippen molar-refractivity contribution >= 4 is 34.8 Å². The highest BCUT2D eigenvalue weighted by atomic mass is 16.6. The molecule has 0 unspecified atom stereocenters. The lowest BCUT2D eigenvalue weighted by molar-refractivity contribution is -0.122. The van der Waals surface area contributed by atoms with E-state index in [0.29, 0.717) is 48.3 Å². The van der Waals surface area contributed by atoms with Gasteiger partial charge in [0, 0.05) is 42.0 Å². The molecule has 0 bridgehead atoms. The van der Waals surface area contributed by atoms with Crippen molar-refractivity contribution in [1.82, 2.24) is 0 Å². The summed E-state index contributed by atoms with van der Waals surface area (Å²) in [5, 5.41) is 5.66. The number of benzene rings is 2. The van der Waals surface area contributed by atoms with Crippen LogP contribution >= 0.6 is 0 Å². The summed E-state index contributed by atoms with van der Waals surface area (Å²) in [6.45, 7) is 4.91. The first kappa shape index (κ1) is 20.7. The molecule has 2 aliphatic heterocycles. The van der Waals surface area contributed by atoms with Gasteiger partial charge in [-0.2, -0.15) is 0 Å². The van der Waals surface area contributed by atoms with Crippen LogP contribution in [0.5, 0.6) is 11.5 Å². The molecule has 3 amide bonds. The van der Waals surface area contributed by atoms with Crippen molar-refractivity contribution < 1.29 is 23.9 Å². The number of hydrogen-bond acceptors (Lipinski definition) is 5. The predicted molar refractivity (Wildman–Crippen MR) is 116 cm³/mol. The number of rotatable bonds is 5. The van der Waals surface area contributed by atoms with E-state index in [0.717, 1.165) is 0 Å². The second-order valence-corrected chi connectivity index (χ2v) is 7.94. The summed E-state index contributed by atoms with van der Waals surface area (Å²) < 4.78 is 11.1. The fourth-order valence-electron chi connectivity index (χ4n) is 3.50. The van der Waals surface area contributed by atoms with Crippen LogP contribution in [0.1, 0.15) is 20.3 Å². The number of ether oxygens (including phenoxy) is 2. The lowest BCUT2D eigenvalue weighted by Crippen LogP contribution is -2.28. The van der Waals surface area contributed by atoms with Gasteiger partial charge in [0.2, 0.25) is 17.7 Å². The number of anilines is 3. The smallest absolute Gasteiger partial charge is 0.229 e. The number of hydrogen-bond donors (Lipinski definition) is 2. The molecule has 4 rings (SSSR count). The second kappa shape index (κ2) is 8.67. The van der Waals surface area contributed by atoms with Gasteiger partial charge in [0.15, 0.2) is 11.5 Å². The molecule has 0 radical (unpaired) electrons. The normalized spacial score (nSPS) is 17.6. The predicted octanol–water partition coefficient (Wildman–Crippen LogP) is 3.04. The van der Waals surface area contributed by atoms with Gasteiger partial charge in [0.25, 0.3) is 0 Å². The van der Waals surface area contributed by atoms with Gasteiger partial charge in [-0.05, 0) is 36.4 Å². The van der Waals surface area contributed by atoms with Crippen molar-refractivity contribution in [3.63, 3.8) is 0 Å². The van der Waals surface area contributed by atoms with E-state index in [1.54, 1.807) is 47.4 Å². The van der Waals surface area contributed by atoms with Gasteiger partial charge in [0.1, 0.15) is 13.2 Å². The van der Waals surface area contributed by atoms with E-state index in [4.69, 9.17) is 9.47 Å². The molecule has 1 fully saturated rings. The average Bonchev–Trinajstić information content (AvgIpc) is 3.16. The second-order valence-electron chi connectivity index (χ2n) is 7.94. The molecule has 2 heterocycles. The molecule has 1 saturated heterocycles. The van der Waals surface area contributed by atoms with Crippen molar-refractivity contribution in [3.8, 4) is 11.5 Å². The molecule has 0 aromatic heterocycles. The number of fused-ring (bicyclic) bond motifs is 1. The maximum Gasteiger partial charge on any atom is 0.229 e. The van der Waals surface area contributed by atoms with Gasteiger partial charge in [0.05, 0.1) is 5.92 Å². The van der Waals surface area contributed by atoms with Crippen LogP contribution in [0, 0.1) is 11.8 Å². The summed E-state index contributed by atoms with van der Waals surface area (Å²) in [5.74, 6) is 0.298. The minimum absolute atomic E-state index is 0.0690. The Balaban J connectivity index is 1.38. The third kappa shape index (κ3) is 4.63. The minimum atomic E-state index is -0.457. The maximum atomic E-state index is 12.7. The quantitative estimate of drug-likeness (QED) is 0.771. The van der Waals surface area contributed by atoms with Crippen molar-refractivity contribution in [2.75, 3.05) is 35.3 Å². The molecule has 0 aliphatic carbocycles. The SMILES string of the molecule is CC(C)C(=O)Nc1ccc(NC(=O)[C@H]2CC(=O)N(c3ccc4c(c3)OCCO4)C2)cc1. The Morgan fingerprint density at radius 2 is 1.61 bits per heavy atom. The highest BCUT2D eigenvalue weighted by molar-refractivity contribution is 6.03. The van der Waals surface area contributed by atoms with Crippen LogP contribution in [-0.2, 0) is 14.4 Å². The van der Waals surface area contributed by atoms with Gasteiger partial charge in [-0.1, -0.05) is 13.8 Å². The summed E-state index contributed by atoms with van der Waals surface area (Å²) in [6, 6.07) is 12.3. The van der Waals surface area contributed by atoms with E-state index in [2.05, 4.69) is 10.6 Å². The zero-order valence-corrected chi connectivity index (χ0v) is 17.5. The van der Waals surface area contributed by atoms with Crippen molar-refractivity contribution in [3.05, 3.63) is 42.5 Å². The summed E-state index contributed by atoms with van der Waals surface area (Å²) in [7, 11) is 0. The summed E-state index contributed by atoms with van der Waals surface area (Å²) in [6.07, 6.45) is 0.142. The molecule has 2 aliphatic rings. The largest absolute Gasteiger partial charge is 0.486 e. The lowest BCUT2D eigenvalue weighted by Gasteiger charge is -2.22. The van der Waals surface area contributed by atoms with Gasteiger partial charge in [-0.15, -0.1) is 0 Å². The standard InChI is InChI=1S/C23H25N3O5/c1-14(2)22(28)24-16-3-5-17(6-4-16)25-23(29)15-11-21(27)26(13-15)18-7-8-19-20(12-18)31-10-9-30-19/h3-8,12,14-15H,9-11,13H2,1-2H3,(H,24,28)(H,25,29)/t15-/m0/s1. The average molecular weight is 423 g/mol. The van der Waals surface area contributed by atoms with E-state index >= 15 is 0 Å². The number of carbonyl (C=O) groups is 3. The fourth-order valence-corrected chi connectivity index (χ4v) is 3.50. The van der Waals surface area contributed by atoms with E-state index in [1.807, 2.05) is 13.8 Å². The molecular weight excluding hydrogens is 398 g/mol. The molecule has 8 heteroatoms. The molecule has 0 saturated carbocycles. The number of nitrogens with zero attached hydrogens (tertiary/aromatic N) is 1. The third-order valence-corrected chi connectivity index (χ3v) is 5.28. The van der Waals surface area contributed by atoms with Crippen LogP contribution in [0.3, 0.4) is 0 Å². The Labute approximate surface area is 180 Å². The highest BCUT2D eigenvalue weighted by Gasteiger charge is 2.35. The Kier molecular flexibility index (Phi) is 5.79. The Hall–Kier alpha value is -3.55. The number of carbonyl (C=O) groups excluding carboxylic acids is 3. The fraction of sp³-hybridized carbons (Fsp3) is 0.348. The Morgan fingerprint density at radius 3 is 2.29 bits per heavy atom. The molecule has 8 nitrogen and oxygen atoms in total. The molecule has 0 spiro atoms. The first-order valence-electron chi connectivity index (χ1n) is 10.3. The van der Waals surface area contributed by atoms with Crippen LogP contribution < -0.4 is 25.0 Å². The zero-order chi connectivity index (χ0) is 22.0. The third-order valence-electron chi connectivity index (χ3n) is 5.28. The van der Waals surface area contributed by atoms with E-state index in [1.165, 1.54) is 0 Å². The van der Waals surface area contributed by atoms with Gasteiger partial charge in [-0.3, -0.25) is 14.4 Å². The highest BCUT2D eigenvalue weighted by Crippen LogP contribution is 2.36. The van der Waals surface area contributed by atoms with Gasteiger partial charge >= 0.3 is 0 Å². The molecule has 2 N–H and O–H groups in total. The maximum absolute atomic E-state index is 12.7. The first-order valence-corrected chi connectivity index (χ1v) is 10.3. The van der Waals surface area contributed by atoms with Gasteiger partial charge < -0.3 is 25.0 Å². The van der Waals surface area contributed by atoms with Crippen molar-refractivity contribution in [2.24, 2.45) is 11.8 Å². The number of amides is 3. The van der Waals surface area contributed by atoms with E-state index in [9.17, 15) is 14.4 Å². The topological polar surface area (TPSA) is 97.0 Å². The molecule has 2 aromatic carbocycles. The van der Waals surface area contributed by atoms with Crippen molar-refractivity contribution in [2.45, 2.75) is 20.3 Å². The zero-order valence-electron chi connectivity index (χ0n) is 17.5. The van der Waals surface area contributed by atoms with Crippen molar-refractivity contribution in [1.29, 1.82) is 0 Å².